The van der Waals surface area contributed by atoms with E-state index in [0.29, 0.717) is 5.69 Å². The number of aliphatic hydroxyl groups is 1. The average molecular weight is 555 g/mol. The standard InChI is InChI=1S/C21H38N12O6/c22-12(7-11-8-27-10-30-11)16(35)31-13(3-1-5-28-20(23)24)17(36)33-15(9-34)18(37)32-14(19(38)39)4-2-6-29-21(25)26/h8,10,12-15,34H,1-7,9,22H2,(H,27,30)(H,31,35)(H,32,37)(H,33,36)(H,38,39)(H4,23,24,28)(H4,25,26,29)/t12-,13-,14-,15-/m0/s1. The minimum atomic E-state index is -1.51. The van der Waals surface area contributed by atoms with E-state index in [2.05, 4.69) is 36.6 Å². The van der Waals surface area contributed by atoms with Crippen LogP contribution in [0.3, 0.4) is 0 Å². The van der Waals surface area contributed by atoms with Gasteiger partial charge in [-0.05, 0) is 25.7 Å². The van der Waals surface area contributed by atoms with Gasteiger partial charge in [0.25, 0.3) is 0 Å². The third kappa shape index (κ3) is 13.1. The van der Waals surface area contributed by atoms with Crippen LogP contribution in [0.4, 0.5) is 0 Å². The number of rotatable bonds is 18. The second-order valence-electron chi connectivity index (χ2n) is 8.54. The fraction of sp³-hybridized carbons (Fsp3) is 0.571. The van der Waals surface area contributed by atoms with Gasteiger partial charge in [-0.25, -0.2) is 9.78 Å². The Hall–Kier alpha value is -4.45. The van der Waals surface area contributed by atoms with Crippen LogP contribution in [0.25, 0.3) is 0 Å². The van der Waals surface area contributed by atoms with Crippen LogP contribution in [-0.4, -0.2) is 99.7 Å². The third-order valence-electron chi connectivity index (χ3n) is 5.35. The van der Waals surface area contributed by atoms with Crippen LogP contribution in [-0.2, 0) is 25.6 Å². The fourth-order valence-electron chi connectivity index (χ4n) is 3.32. The van der Waals surface area contributed by atoms with Gasteiger partial charge in [0.15, 0.2) is 11.9 Å². The van der Waals surface area contributed by atoms with E-state index in [9.17, 15) is 29.4 Å². The molecule has 0 fully saturated rings. The molecule has 1 aromatic heterocycles. The van der Waals surface area contributed by atoms with Crippen molar-refractivity contribution >= 4 is 35.6 Å². The quantitative estimate of drug-likeness (QED) is 0.0462. The number of nitrogens with zero attached hydrogens (tertiary/aromatic N) is 1. The van der Waals surface area contributed by atoms with E-state index in [1.807, 2.05) is 0 Å². The SMILES string of the molecule is N=C(N)NCCC[C@H](NC(=O)[C@H](CO)NC(=O)[C@H](CCCNC(=N)N)NC(=O)[C@@H](N)Cc1c[nH]cn1)C(=O)O. The lowest BCUT2D eigenvalue weighted by molar-refractivity contribution is -0.142. The molecular weight excluding hydrogens is 516 g/mol. The number of aliphatic hydroxyl groups excluding tert-OH is 1. The molecule has 0 bridgehead atoms. The lowest BCUT2D eigenvalue weighted by Crippen LogP contribution is -2.58. The number of carboxylic acids is 1. The number of nitrogens with two attached hydrogens (primary N) is 3. The Bertz CT molecular complexity index is 973. The summed E-state index contributed by atoms with van der Waals surface area (Å²) < 4.78 is 0. The van der Waals surface area contributed by atoms with Crippen LogP contribution in [0.2, 0.25) is 0 Å². The molecule has 16 N–H and O–H groups in total. The molecule has 18 heteroatoms. The Kier molecular flexibility index (Phi) is 14.3. The first kappa shape index (κ1) is 32.6. The molecular formula is C21H38N12O6. The van der Waals surface area contributed by atoms with Crippen molar-refractivity contribution < 1.29 is 29.4 Å². The van der Waals surface area contributed by atoms with Crippen molar-refractivity contribution in [3.05, 3.63) is 18.2 Å². The number of carbonyl (C=O) groups excluding carboxylic acids is 3. The predicted octanol–water partition coefficient (Wildman–Crippen LogP) is -4.66. The molecule has 1 heterocycles. The van der Waals surface area contributed by atoms with Gasteiger partial charge in [-0.1, -0.05) is 0 Å². The molecule has 1 rings (SSSR count). The number of H-pyrrole nitrogens is 1. The van der Waals surface area contributed by atoms with Gasteiger partial charge in [-0.2, -0.15) is 0 Å². The van der Waals surface area contributed by atoms with Crippen molar-refractivity contribution in [2.24, 2.45) is 17.2 Å². The zero-order valence-electron chi connectivity index (χ0n) is 21.3. The van der Waals surface area contributed by atoms with E-state index < -0.39 is 54.5 Å². The Morgan fingerprint density at radius 1 is 0.897 bits per heavy atom. The summed E-state index contributed by atoms with van der Waals surface area (Å²) >= 11 is 0. The molecule has 0 saturated heterocycles. The highest BCUT2D eigenvalue weighted by Crippen LogP contribution is 2.03. The molecule has 0 radical (unpaired) electrons. The summed E-state index contributed by atoms with van der Waals surface area (Å²) in [5.74, 6) is -4.31. The van der Waals surface area contributed by atoms with Gasteiger partial charge in [-0.15, -0.1) is 0 Å². The average Bonchev–Trinajstić information content (AvgIpc) is 3.38. The summed E-state index contributed by atoms with van der Waals surface area (Å²) in [5, 5.41) is 45.6. The summed E-state index contributed by atoms with van der Waals surface area (Å²) in [6.45, 7) is -0.421. The molecule has 1 aromatic rings. The fourth-order valence-corrected chi connectivity index (χ4v) is 3.32. The van der Waals surface area contributed by atoms with Gasteiger partial charge in [-0.3, -0.25) is 25.2 Å². The summed E-state index contributed by atoms with van der Waals surface area (Å²) in [4.78, 5) is 56.6. The zero-order chi connectivity index (χ0) is 29.4. The number of carbonyl (C=O) groups is 4. The smallest absolute Gasteiger partial charge is 0.326 e. The molecule has 0 aromatic carbocycles. The van der Waals surface area contributed by atoms with Crippen molar-refractivity contribution in [1.82, 2.24) is 36.6 Å². The number of guanidine groups is 2. The van der Waals surface area contributed by atoms with E-state index in [-0.39, 0.29) is 57.1 Å². The molecule has 0 spiro atoms. The van der Waals surface area contributed by atoms with E-state index in [4.69, 9.17) is 28.0 Å². The second kappa shape index (κ2) is 17.1. The van der Waals surface area contributed by atoms with Crippen molar-refractivity contribution in [2.45, 2.75) is 56.3 Å². The number of hydrogen-bond donors (Lipinski definition) is 13. The number of aromatic amines is 1. The lowest BCUT2D eigenvalue weighted by Gasteiger charge is -2.24. The van der Waals surface area contributed by atoms with Crippen LogP contribution in [0.5, 0.6) is 0 Å². The van der Waals surface area contributed by atoms with Crippen molar-refractivity contribution in [2.75, 3.05) is 19.7 Å². The molecule has 18 nitrogen and oxygen atoms in total. The largest absolute Gasteiger partial charge is 0.480 e. The summed E-state index contributed by atoms with van der Waals surface area (Å²) in [7, 11) is 0. The second-order valence-corrected chi connectivity index (χ2v) is 8.54. The van der Waals surface area contributed by atoms with E-state index >= 15 is 0 Å². The van der Waals surface area contributed by atoms with Gasteiger partial charge in [0.1, 0.15) is 18.1 Å². The molecule has 0 saturated carbocycles. The highest BCUT2D eigenvalue weighted by molar-refractivity contribution is 5.94. The number of aromatic nitrogens is 2. The molecule has 0 aliphatic carbocycles. The van der Waals surface area contributed by atoms with Gasteiger partial charge in [0, 0.05) is 25.7 Å². The first-order chi connectivity index (χ1) is 18.4. The number of amides is 3. The maximum Gasteiger partial charge on any atom is 0.326 e. The number of nitrogens with one attached hydrogen (secondary N) is 8. The molecule has 39 heavy (non-hydrogen) atoms. The summed E-state index contributed by atoms with van der Waals surface area (Å²) in [5.41, 5.74) is 16.9. The van der Waals surface area contributed by atoms with Crippen LogP contribution < -0.4 is 43.8 Å². The van der Waals surface area contributed by atoms with E-state index in [1.54, 1.807) is 6.20 Å². The van der Waals surface area contributed by atoms with Crippen molar-refractivity contribution in [3.8, 4) is 0 Å². The van der Waals surface area contributed by atoms with E-state index in [1.165, 1.54) is 6.33 Å². The maximum absolute atomic E-state index is 13.0. The van der Waals surface area contributed by atoms with Gasteiger partial charge >= 0.3 is 5.97 Å². The first-order valence-electron chi connectivity index (χ1n) is 12.1. The van der Waals surface area contributed by atoms with Gasteiger partial charge < -0.3 is 59.0 Å². The van der Waals surface area contributed by atoms with Crippen LogP contribution >= 0.6 is 0 Å². The minimum Gasteiger partial charge on any atom is -0.480 e. The number of carboxylic acid groups (broad SMARTS) is 1. The molecule has 218 valence electrons. The number of imidazole rings is 1. The highest BCUT2D eigenvalue weighted by Gasteiger charge is 2.30. The monoisotopic (exact) mass is 554 g/mol. The Morgan fingerprint density at radius 3 is 1.90 bits per heavy atom. The normalized spacial score (nSPS) is 13.7. The molecule has 0 unspecified atom stereocenters. The van der Waals surface area contributed by atoms with Crippen molar-refractivity contribution in [1.29, 1.82) is 10.8 Å². The number of aliphatic carboxylic acids is 1. The molecule has 0 aliphatic heterocycles. The lowest BCUT2D eigenvalue weighted by atomic mass is 10.1. The highest BCUT2D eigenvalue weighted by atomic mass is 16.4. The Balaban J connectivity index is 2.83. The van der Waals surface area contributed by atoms with Gasteiger partial charge in [0.05, 0.1) is 24.7 Å². The van der Waals surface area contributed by atoms with Crippen molar-refractivity contribution in [3.63, 3.8) is 0 Å². The maximum atomic E-state index is 13.0. The third-order valence-corrected chi connectivity index (χ3v) is 5.35. The first-order valence-corrected chi connectivity index (χ1v) is 12.1. The minimum absolute atomic E-state index is 0.0107. The predicted molar refractivity (Wildman–Crippen MR) is 139 cm³/mol. The number of hydrogen-bond acceptors (Lipinski definition) is 9. The summed E-state index contributed by atoms with van der Waals surface area (Å²) in [6.07, 6.45) is 3.69. The van der Waals surface area contributed by atoms with Gasteiger partial charge in [0.2, 0.25) is 17.7 Å². The zero-order valence-corrected chi connectivity index (χ0v) is 21.3. The van der Waals surface area contributed by atoms with Crippen LogP contribution in [0, 0.1) is 10.8 Å². The Labute approximate surface area is 224 Å². The molecule has 4 atom stereocenters. The molecule has 3 amide bonds. The topological polar surface area (TPSA) is 323 Å². The van der Waals surface area contributed by atoms with E-state index in [0.717, 1.165) is 0 Å². The van der Waals surface area contributed by atoms with Crippen LogP contribution in [0.15, 0.2) is 12.5 Å². The Morgan fingerprint density at radius 2 is 1.41 bits per heavy atom. The van der Waals surface area contributed by atoms with Crippen LogP contribution in [0.1, 0.15) is 31.4 Å². The molecule has 0 aliphatic rings. The summed E-state index contributed by atoms with van der Waals surface area (Å²) in [6, 6.07) is -5.05.